The van der Waals surface area contributed by atoms with Crippen molar-refractivity contribution >= 4 is 5.91 Å². The molecular formula is C23H25N3O4. The SMILES string of the molecule is COCCN(Cc1ccccc1)C(=O)c1ccc(=O)n(CCOc2ccccc2)n1. The van der Waals surface area contributed by atoms with Gasteiger partial charge in [0.2, 0.25) is 0 Å². The molecule has 0 N–H and O–H groups in total. The fraction of sp³-hybridized carbons (Fsp3) is 0.261. The molecule has 0 atom stereocenters. The van der Waals surface area contributed by atoms with Gasteiger partial charge in [0.1, 0.15) is 18.1 Å². The zero-order chi connectivity index (χ0) is 21.2. The van der Waals surface area contributed by atoms with Gasteiger partial charge in [-0.05, 0) is 23.8 Å². The van der Waals surface area contributed by atoms with E-state index >= 15 is 0 Å². The maximum atomic E-state index is 13.1. The third kappa shape index (κ3) is 6.02. The van der Waals surface area contributed by atoms with Crippen LogP contribution in [0.4, 0.5) is 0 Å². The van der Waals surface area contributed by atoms with Crippen molar-refractivity contribution in [3.63, 3.8) is 0 Å². The van der Waals surface area contributed by atoms with E-state index in [1.54, 1.807) is 12.0 Å². The van der Waals surface area contributed by atoms with Gasteiger partial charge in [-0.2, -0.15) is 5.10 Å². The lowest BCUT2D eigenvalue weighted by Crippen LogP contribution is -2.36. The second-order valence-corrected chi connectivity index (χ2v) is 6.65. The molecule has 2 aromatic carbocycles. The number of amides is 1. The summed E-state index contributed by atoms with van der Waals surface area (Å²) in [6.07, 6.45) is 0. The van der Waals surface area contributed by atoms with Crippen molar-refractivity contribution < 1.29 is 14.3 Å². The molecule has 3 rings (SSSR count). The first-order chi connectivity index (χ1) is 14.7. The van der Waals surface area contributed by atoms with E-state index in [4.69, 9.17) is 9.47 Å². The molecule has 0 unspecified atom stereocenters. The number of aromatic nitrogens is 2. The predicted octanol–water partition coefficient (Wildman–Crippen LogP) is 2.61. The third-order valence-corrected chi connectivity index (χ3v) is 4.47. The quantitative estimate of drug-likeness (QED) is 0.517. The van der Waals surface area contributed by atoms with Gasteiger partial charge in [-0.3, -0.25) is 9.59 Å². The third-order valence-electron chi connectivity index (χ3n) is 4.47. The molecule has 0 radical (unpaired) electrons. The van der Waals surface area contributed by atoms with Gasteiger partial charge in [0.25, 0.3) is 11.5 Å². The normalized spacial score (nSPS) is 10.6. The highest BCUT2D eigenvalue weighted by molar-refractivity contribution is 5.92. The Hall–Kier alpha value is -3.45. The number of nitrogens with zero attached hydrogens (tertiary/aromatic N) is 3. The summed E-state index contributed by atoms with van der Waals surface area (Å²) >= 11 is 0. The Balaban J connectivity index is 1.71. The second kappa shape index (κ2) is 10.9. The average Bonchev–Trinajstić information content (AvgIpc) is 2.79. The van der Waals surface area contributed by atoms with Gasteiger partial charge >= 0.3 is 0 Å². The Labute approximate surface area is 175 Å². The molecule has 0 aliphatic rings. The molecule has 3 aromatic rings. The Morgan fingerprint density at radius 2 is 1.67 bits per heavy atom. The van der Waals surface area contributed by atoms with Crippen LogP contribution < -0.4 is 10.3 Å². The van der Waals surface area contributed by atoms with Crippen molar-refractivity contribution in [2.45, 2.75) is 13.1 Å². The Kier molecular flexibility index (Phi) is 7.74. The standard InChI is InChI=1S/C23H25N3O4/c1-29-16-14-25(18-19-8-4-2-5-9-19)23(28)21-12-13-22(27)26(24-21)15-17-30-20-10-6-3-7-11-20/h2-13H,14-18H2,1H3. The van der Waals surface area contributed by atoms with Crippen LogP contribution in [0.15, 0.2) is 77.6 Å². The zero-order valence-electron chi connectivity index (χ0n) is 16.9. The van der Waals surface area contributed by atoms with E-state index < -0.39 is 0 Å². The molecule has 30 heavy (non-hydrogen) atoms. The first kappa shape index (κ1) is 21.3. The highest BCUT2D eigenvalue weighted by Crippen LogP contribution is 2.09. The molecule has 0 saturated carbocycles. The van der Waals surface area contributed by atoms with Crippen LogP contribution in [-0.4, -0.2) is 47.5 Å². The number of para-hydroxylation sites is 1. The lowest BCUT2D eigenvalue weighted by atomic mass is 10.2. The molecule has 7 nitrogen and oxygen atoms in total. The molecule has 0 bridgehead atoms. The maximum Gasteiger partial charge on any atom is 0.274 e. The molecule has 0 aliphatic carbocycles. The van der Waals surface area contributed by atoms with E-state index in [0.29, 0.717) is 25.4 Å². The van der Waals surface area contributed by atoms with Gasteiger partial charge < -0.3 is 14.4 Å². The van der Waals surface area contributed by atoms with Crippen LogP contribution in [0.2, 0.25) is 0 Å². The molecule has 0 aliphatic heterocycles. The number of methoxy groups -OCH3 is 1. The van der Waals surface area contributed by atoms with Gasteiger partial charge in [0, 0.05) is 26.3 Å². The van der Waals surface area contributed by atoms with E-state index in [1.807, 2.05) is 60.7 Å². The Bertz CT molecular complexity index is 990. The van der Waals surface area contributed by atoms with Crippen molar-refractivity contribution in [2.75, 3.05) is 26.9 Å². The van der Waals surface area contributed by atoms with Gasteiger partial charge in [0.15, 0.2) is 0 Å². The Morgan fingerprint density at radius 1 is 0.967 bits per heavy atom. The minimum absolute atomic E-state index is 0.210. The molecule has 1 aromatic heterocycles. The summed E-state index contributed by atoms with van der Waals surface area (Å²) in [5, 5.41) is 4.27. The van der Waals surface area contributed by atoms with Gasteiger partial charge in [-0.1, -0.05) is 48.5 Å². The summed E-state index contributed by atoms with van der Waals surface area (Å²) < 4.78 is 12.0. The number of carbonyl (C=O) groups excluding carboxylic acids is 1. The zero-order valence-corrected chi connectivity index (χ0v) is 16.9. The lowest BCUT2D eigenvalue weighted by molar-refractivity contribution is 0.0671. The summed E-state index contributed by atoms with van der Waals surface area (Å²) in [6, 6.07) is 21.9. The largest absolute Gasteiger partial charge is 0.492 e. The van der Waals surface area contributed by atoms with Crippen molar-refractivity contribution in [2.24, 2.45) is 0 Å². The number of hydrogen-bond acceptors (Lipinski definition) is 5. The van der Waals surface area contributed by atoms with Crippen LogP contribution in [0.5, 0.6) is 5.75 Å². The number of rotatable bonds is 10. The van der Waals surface area contributed by atoms with Crippen molar-refractivity contribution in [3.8, 4) is 5.75 Å². The van der Waals surface area contributed by atoms with E-state index in [1.165, 1.54) is 16.8 Å². The molecule has 1 heterocycles. The number of benzene rings is 2. The first-order valence-corrected chi connectivity index (χ1v) is 9.75. The molecule has 0 spiro atoms. The van der Waals surface area contributed by atoms with Crippen LogP contribution in [0.25, 0.3) is 0 Å². The van der Waals surface area contributed by atoms with Crippen LogP contribution in [0, 0.1) is 0 Å². The molecule has 1 amide bonds. The molecule has 156 valence electrons. The van der Waals surface area contributed by atoms with Crippen molar-refractivity contribution in [1.29, 1.82) is 0 Å². The van der Waals surface area contributed by atoms with Crippen LogP contribution in [0.3, 0.4) is 0 Å². The summed E-state index contributed by atoms with van der Waals surface area (Å²) in [5.74, 6) is 0.458. The highest BCUT2D eigenvalue weighted by Gasteiger charge is 2.18. The summed E-state index contributed by atoms with van der Waals surface area (Å²) in [6.45, 7) is 1.77. The summed E-state index contributed by atoms with van der Waals surface area (Å²) in [7, 11) is 1.59. The fourth-order valence-corrected chi connectivity index (χ4v) is 2.91. The summed E-state index contributed by atoms with van der Waals surface area (Å²) in [5.41, 5.74) is 0.933. The lowest BCUT2D eigenvalue weighted by Gasteiger charge is -2.22. The van der Waals surface area contributed by atoms with Crippen molar-refractivity contribution in [3.05, 3.63) is 94.4 Å². The van der Waals surface area contributed by atoms with Crippen LogP contribution in [0.1, 0.15) is 16.1 Å². The smallest absolute Gasteiger partial charge is 0.274 e. The minimum atomic E-state index is -0.283. The highest BCUT2D eigenvalue weighted by atomic mass is 16.5. The van der Waals surface area contributed by atoms with Crippen LogP contribution >= 0.6 is 0 Å². The minimum Gasteiger partial charge on any atom is -0.492 e. The van der Waals surface area contributed by atoms with Crippen molar-refractivity contribution in [1.82, 2.24) is 14.7 Å². The van der Waals surface area contributed by atoms with Gasteiger partial charge in [-0.25, -0.2) is 4.68 Å². The van der Waals surface area contributed by atoms with E-state index in [0.717, 1.165) is 5.56 Å². The molecule has 7 heteroatoms. The molecule has 0 saturated heterocycles. The predicted molar refractivity (Wildman–Crippen MR) is 113 cm³/mol. The molecule has 0 fully saturated rings. The molecular weight excluding hydrogens is 382 g/mol. The number of carbonyl (C=O) groups is 1. The van der Waals surface area contributed by atoms with E-state index in [-0.39, 0.29) is 30.3 Å². The fourth-order valence-electron chi connectivity index (χ4n) is 2.91. The maximum absolute atomic E-state index is 13.1. The topological polar surface area (TPSA) is 73.7 Å². The van der Waals surface area contributed by atoms with Crippen LogP contribution in [-0.2, 0) is 17.8 Å². The van der Waals surface area contributed by atoms with E-state index in [2.05, 4.69) is 5.10 Å². The average molecular weight is 407 g/mol. The van der Waals surface area contributed by atoms with E-state index in [9.17, 15) is 9.59 Å². The second-order valence-electron chi connectivity index (χ2n) is 6.65. The Morgan fingerprint density at radius 3 is 2.37 bits per heavy atom. The first-order valence-electron chi connectivity index (χ1n) is 9.75. The number of hydrogen-bond donors (Lipinski definition) is 0. The van der Waals surface area contributed by atoms with Gasteiger partial charge in [0.05, 0.1) is 13.2 Å². The number of ether oxygens (including phenoxy) is 2. The summed E-state index contributed by atoms with van der Waals surface area (Å²) in [4.78, 5) is 26.9. The van der Waals surface area contributed by atoms with Gasteiger partial charge in [-0.15, -0.1) is 0 Å². The monoisotopic (exact) mass is 407 g/mol.